The predicted octanol–water partition coefficient (Wildman–Crippen LogP) is 4.65. The maximum absolute atomic E-state index is 12.7. The van der Waals surface area contributed by atoms with Crippen molar-refractivity contribution in [2.24, 2.45) is 0 Å². The molecule has 0 spiro atoms. The summed E-state index contributed by atoms with van der Waals surface area (Å²) in [6.45, 7) is 0. The van der Waals surface area contributed by atoms with Crippen molar-refractivity contribution in [2.75, 3.05) is 11.8 Å². The number of hydrogen-bond donors (Lipinski definition) is 1. The molecule has 27 heavy (non-hydrogen) atoms. The molecule has 1 fully saturated rings. The highest BCUT2D eigenvalue weighted by Gasteiger charge is 2.23. The van der Waals surface area contributed by atoms with Crippen molar-refractivity contribution < 1.29 is 13.2 Å². The molecular formula is C20H23BrN2O3S. The number of benzene rings is 2. The highest BCUT2D eigenvalue weighted by atomic mass is 79.9. The lowest BCUT2D eigenvalue weighted by Crippen LogP contribution is -2.38. The molecule has 0 aliphatic heterocycles. The Morgan fingerprint density at radius 2 is 1.59 bits per heavy atom. The maximum atomic E-state index is 12.7. The van der Waals surface area contributed by atoms with Crippen LogP contribution in [0.4, 0.5) is 5.69 Å². The maximum Gasteiger partial charge on any atom is 0.261 e. The van der Waals surface area contributed by atoms with E-state index in [0.29, 0.717) is 17.3 Å². The number of anilines is 1. The minimum Gasteiger partial charge on any atom is -0.339 e. The lowest BCUT2D eigenvalue weighted by molar-refractivity contribution is 0.0696. The van der Waals surface area contributed by atoms with Gasteiger partial charge in [0.2, 0.25) is 0 Å². The molecule has 1 aliphatic rings. The van der Waals surface area contributed by atoms with Crippen molar-refractivity contribution in [1.29, 1.82) is 0 Å². The van der Waals surface area contributed by atoms with E-state index < -0.39 is 10.0 Å². The third-order valence-corrected chi connectivity index (χ3v) is 6.88. The van der Waals surface area contributed by atoms with E-state index in [-0.39, 0.29) is 10.8 Å². The van der Waals surface area contributed by atoms with Crippen LogP contribution in [-0.2, 0) is 10.0 Å². The molecule has 0 atom stereocenters. The average molecular weight is 451 g/mol. The van der Waals surface area contributed by atoms with Crippen molar-refractivity contribution in [1.82, 2.24) is 4.90 Å². The fourth-order valence-corrected chi connectivity index (χ4v) is 4.67. The van der Waals surface area contributed by atoms with Crippen molar-refractivity contribution in [3.05, 3.63) is 58.6 Å². The number of nitrogens with one attached hydrogen (secondary N) is 1. The molecule has 0 radical (unpaired) electrons. The Hall–Kier alpha value is -1.86. The molecule has 0 aromatic heterocycles. The Balaban J connectivity index is 1.69. The molecule has 0 saturated heterocycles. The third kappa shape index (κ3) is 4.90. The SMILES string of the molecule is CN(C(=O)c1ccc(NS(=O)(=O)c2ccc(Br)cc2)cc1)C1CCCCC1. The zero-order chi connectivity index (χ0) is 19.4. The van der Waals surface area contributed by atoms with Gasteiger partial charge in [-0.15, -0.1) is 0 Å². The molecule has 3 rings (SSSR count). The molecule has 2 aromatic rings. The molecule has 5 nitrogen and oxygen atoms in total. The third-order valence-electron chi connectivity index (χ3n) is 4.95. The van der Waals surface area contributed by atoms with Gasteiger partial charge in [0.1, 0.15) is 0 Å². The summed E-state index contributed by atoms with van der Waals surface area (Å²) in [5.41, 5.74) is 0.990. The second-order valence-electron chi connectivity index (χ2n) is 6.84. The van der Waals surface area contributed by atoms with Gasteiger partial charge in [0.05, 0.1) is 4.90 Å². The fourth-order valence-electron chi connectivity index (χ4n) is 3.35. The quantitative estimate of drug-likeness (QED) is 0.720. The van der Waals surface area contributed by atoms with Crippen LogP contribution in [0.1, 0.15) is 42.5 Å². The van der Waals surface area contributed by atoms with E-state index in [1.54, 1.807) is 36.4 Å². The monoisotopic (exact) mass is 450 g/mol. The van der Waals surface area contributed by atoms with E-state index in [1.165, 1.54) is 31.4 Å². The molecule has 2 aromatic carbocycles. The Kier molecular flexibility index (Phi) is 6.22. The van der Waals surface area contributed by atoms with Gasteiger partial charge in [0.25, 0.3) is 15.9 Å². The minimum absolute atomic E-state index is 0.0239. The van der Waals surface area contributed by atoms with Crippen molar-refractivity contribution in [3.8, 4) is 0 Å². The summed E-state index contributed by atoms with van der Waals surface area (Å²) in [7, 11) is -1.81. The Morgan fingerprint density at radius 1 is 1.00 bits per heavy atom. The van der Waals surface area contributed by atoms with Crippen LogP contribution in [0.3, 0.4) is 0 Å². The van der Waals surface area contributed by atoms with Gasteiger partial charge in [-0.2, -0.15) is 0 Å². The topological polar surface area (TPSA) is 66.5 Å². The first-order chi connectivity index (χ1) is 12.9. The van der Waals surface area contributed by atoms with E-state index in [9.17, 15) is 13.2 Å². The molecule has 1 aliphatic carbocycles. The summed E-state index contributed by atoms with van der Waals surface area (Å²) >= 11 is 3.29. The molecule has 1 N–H and O–H groups in total. The van der Waals surface area contributed by atoms with E-state index in [0.717, 1.165) is 17.3 Å². The summed E-state index contributed by atoms with van der Waals surface area (Å²) in [6.07, 6.45) is 5.67. The Labute approximate surface area is 169 Å². The molecule has 0 heterocycles. The number of nitrogens with zero attached hydrogens (tertiary/aromatic N) is 1. The van der Waals surface area contributed by atoms with Gasteiger partial charge in [0.15, 0.2) is 0 Å². The number of carbonyl (C=O) groups is 1. The number of hydrogen-bond acceptors (Lipinski definition) is 3. The van der Waals surface area contributed by atoms with Gasteiger partial charge >= 0.3 is 0 Å². The standard InChI is InChI=1S/C20H23BrN2O3S/c1-23(18-5-3-2-4-6-18)20(24)15-7-11-17(12-8-15)22-27(25,26)19-13-9-16(21)10-14-19/h7-14,18,22H,2-6H2,1H3. The largest absolute Gasteiger partial charge is 0.339 e. The predicted molar refractivity (Wildman–Crippen MR) is 110 cm³/mol. The van der Waals surface area contributed by atoms with Gasteiger partial charge < -0.3 is 4.90 Å². The van der Waals surface area contributed by atoms with Gasteiger partial charge in [-0.3, -0.25) is 9.52 Å². The minimum atomic E-state index is -3.66. The van der Waals surface area contributed by atoms with Crippen molar-refractivity contribution in [3.63, 3.8) is 0 Å². The van der Waals surface area contributed by atoms with Crippen LogP contribution in [0.2, 0.25) is 0 Å². The first-order valence-electron chi connectivity index (χ1n) is 9.02. The molecule has 1 saturated carbocycles. The van der Waals surface area contributed by atoms with E-state index >= 15 is 0 Å². The molecule has 7 heteroatoms. The summed E-state index contributed by atoms with van der Waals surface area (Å²) in [4.78, 5) is 14.7. The normalized spacial score (nSPS) is 15.3. The number of rotatable bonds is 5. The molecule has 0 bridgehead atoms. The highest BCUT2D eigenvalue weighted by molar-refractivity contribution is 9.10. The van der Waals surface area contributed by atoms with Crippen molar-refractivity contribution in [2.45, 2.75) is 43.0 Å². The van der Waals surface area contributed by atoms with Gasteiger partial charge in [-0.1, -0.05) is 35.2 Å². The second kappa shape index (κ2) is 8.44. The Morgan fingerprint density at radius 3 is 2.19 bits per heavy atom. The van der Waals surface area contributed by atoms with Crippen LogP contribution in [0.5, 0.6) is 0 Å². The Bertz CT molecular complexity index is 890. The number of carbonyl (C=O) groups excluding carboxylic acids is 1. The van der Waals surface area contributed by atoms with Crippen LogP contribution in [-0.4, -0.2) is 32.3 Å². The van der Waals surface area contributed by atoms with Crippen LogP contribution >= 0.6 is 15.9 Å². The lowest BCUT2D eigenvalue weighted by atomic mass is 9.94. The first-order valence-corrected chi connectivity index (χ1v) is 11.3. The van der Waals surface area contributed by atoms with Crippen LogP contribution in [0.15, 0.2) is 57.9 Å². The van der Waals surface area contributed by atoms with E-state index in [2.05, 4.69) is 20.7 Å². The molecule has 144 valence electrons. The summed E-state index contributed by atoms with van der Waals surface area (Å²) < 4.78 is 28.2. The number of amides is 1. The molecule has 1 amide bonds. The molecular weight excluding hydrogens is 428 g/mol. The van der Waals surface area contributed by atoms with E-state index in [4.69, 9.17) is 0 Å². The zero-order valence-electron chi connectivity index (χ0n) is 15.2. The molecule has 0 unspecified atom stereocenters. The van der Waals surface area contributed by atoms with E-state index in [1.807, 2.05) is 11.9 Å². The van der Waals surface area contributed by atoms with Gasteiger partial charge in [-0.25, -0.2) is 8.42 Å². The van der Waals surface area contributed by atoms with Crippen LogP contribution in [0.25, 0.3) is 0 Å². The lowest BCUT2D eigenvalue weighted by Gasteiger charge is -2.31. The highest BCUT2D eigenvalue weighted by Crippen LogP contribution is 2.24. The fraction of sp³-hybridized carbons (Fsp3) is 0.350. The van der Waals surface area contributed by atoms with Gasteiger partial charge in [0, 0.05) is 28.8 Å². The smallest absolute Gasteiger partial charge is 0.261 e. The summed E-state index contributed by atoms with van der Waals surface area (Å²) in [5, 5.41) is 0. The van der Waals surface area contributed by atoms with Crippen LogP contribution in [0, 0.1) is 0 Å². The second-order valence-corrected chi connectivity index (χ2v) is 9.44. The zero-order valence-corrected chi connectivity index (χ0v) is 17.6. The van der Waals surface area contributed by atoms with Gasteiger partial charge in [-0.05, 0) is 61.4 Å². The van der Waals surface area contributed by atoms with Crippen molar-refractivity contribution >= 4 is 37.5 Å². The first kappa shape index (κ1) is 19.9. The number of sulfonamides is 1. The average Bonchev–Trinajstić information content (AvgIpc) is 2.68. The summed E-state index contributed by atoms with van der Waals surface area (Å²) in [5.74, 6) is -0.0239. The van der Waals surface area contributed by atoms with Crippen LogP contribution < -0.4 is 4.72 Å². The summed E-state index contributed by atoms with van der Waals surface area (Å²) in [6, 6.07) is 13.3. The number of halogens is 1.